The fourth-order valence-electron chi connectivity index (χ4n) is 3.39. The lowest BCUT2D eigenvalue weighted by atomic mass is 9.80. The second kappa shape index (κ2) is 7.36. The van der Waals surface area contributed by atoms with E-state index in [-0.39, 0.29) is 6.09 Å². The zero-order chi connectivity index (χ0) is 18.0. The van der Waals surface area contributed by atoms with E-state index >= 15 is 0 Å². The summed E-state index contributed by atoms with van der Waals surface area (Å²) in [6.07, 6.45) is 8.32. The van der Waals surface area contributed by atoms with E-state index in [9.17, 15) is 4.79 Å². The maximum Gasteiger partial charge on any atom is 0.407 e. The molecule has 0 saturated heterocycles. The van der Waals surface area contributed by atoms with Crippen molar-refractivity contribution in [2.45, 2.75) is 58.0 Å². The van der Waals surface area contributed by atoms with Crippen LogP contribution < -0.4 is 5.32 Å². The Labute approximate surface area is 157 Å². The number of rotatable bonds is 3. The van der Waals surface area contributed by atoms with Crippen LogP contribution in [0.4, 0.5) is 4.79 Å². The van der Waals surface area contributed by atoms with Crippen LogP contribution in [-0.4, -0.2) is 27.6 Å². The van der Waals surface area contributed by atoms with Gasteiger partial charge in [0.2, 0.25) is 0 Å². The number of ether oxygens (including phenoxy) is 1. The van der Waals surface area contributed by atoms with E-state index in [0.29, 0.717) is 18.4 Å². The van der Waals surface area contributed by atoms with Crippen LogP contribution in [-0.2, 0) is 4.74 Å². The van der Waals surface area contributed by atoms with Crippen LogP contribution in [0.5, 0.6) is 0 Å². The lowest BCUT2D eigenvalue weighted by Crippen LogP contribution is -2.36. The zero-order valence-corrected chi connectivity index (χ0v) is 16.7. The number of hydrogen-bond acceptors (Lipinski definition) is 3. The third kappa shape index (κ3) is 4.97. The van der Waals surface area contributed by atoms with Crippen LogP contribution >= 0.6 is 15.9 Å². The minimum atomic E-state index is -0.445. The lowest BCUT2D eigenvalue weighted by molar-refractivity contribution is 0.0514. The van der Waals surface area contributed by atoms with Gasteiger partial charge in [-0.3, -0.25) is 0 Å². The maximum absolute atomic E-state index is 11.8. The Morgan fingerprint density at radius 1 is 1.28 bits per heavy atom. The second-order valence-electron chi connectivity index (χ2n) is 7.88. The van der Waals surface area contributed by atoms with Crippen molar-refractivity contribution >= 4 is 27.7 Å². The molecule has 5 nitrogen and oxygen atoms in total. The molecule has 0 atom stereocenters. The monoisotopic (exact) mass is 407 g/mol. The van der Waals surface area contributed by atoms with Crippen molar-refractivity contribution in [1.82, 2.24) is 14.7 Å². The highest BCUT2D eigenvalue weighted by molar-refractivity contribution is 9.10. The Balaban J connectivity index is 1.50. The highest BCUT2D eigenvalue weighted by Crippen LogP contribution is 2.35. The van der Waals surface area contributed by atoms with Gasteiger partial charge in [0.05, 0.1) is 5.69 Å². The molecule has 1 amide bonds. The second-order valence-corrected chi connectivity index (χ2v) is 8.79. The van der Waals surface area contributed by atoms with Crippen molar-refractivity contribution in [2.75, 3.05) is 6.54 Å². The smallest absolute Gasteiger partial charge is 0.407 e. The fraction of sp³-hybridized carbons (Fsp3) is 0.579. The highest BCUT2D eigenvalue weighted by atomic mass is 79.9. The molecule has 1 saturated carbocycles. The first-order valence-corrected chi connectivity index (χ1v) is 9.70. The average molecular weight is 408 g/mol. The van der Waals surface area contributed by atoms with Crippen molar-refractivity contribution in [3.05, 3.63) is 34.7 Å². The molecule has 0 unspecified atom stereocenters. The third-order valence-electron chi connectivity index (χ3n) is 4.63. The Morgan fingerprint density at radius 3 is 2.68 bits per heavy atom. The average Bonchev–Trinajstić information content (AvgIpc) is 2.95. The molecule has 136 valence electrons. The number of nitrogens with zero attached hydrogens (tertiary/aromatic N) is 2. The lowest BCUT2D eigenvalue weighted by Gasteiger charge is -2.28. The molecule has 2 aromatic rings. The normalized spacial score (nSPS) is 21.3. The largest absolute Gasteiger partial charge is 0.444 e. The molecule has 1 aliphatic rings. The maximum atomic E-state index is 11.8. The van der Waals surface area contributed by atoms with Gasteiger partial charge in [0, 0.05) is 29.3 Å². The molecule has 0 radical (unpaired) electrons. The van der Waals surface area contributed by atoms with Gasteiger partial charge in [-0.05, 0) is 80.4 Å². The zero-order valence-electron chi connectivity index (χ0n) is 15.1. The minimum Gasteiger partial charge on any atom is -0.444 e. The summed E-state index contributed by atoms with van der Waals surface area (Å²) in [5.41, 5.74) is 1.73. The van der Waals surface area contributed by atoms with Crippen molar-refractivity contribution in [3.63, 3.8) is 0 Å². The predicted molar refractivity (Wildman–Crippen MR) is 102 cm³/mol. The van der Waals surface area contributed by atoms with Gasteiger partial charge >= 0.3 is 6.09 Å². The topological polar surface area (TPSA) is 55.6 Å². The number of nitrogens with one attached hydrogen (secondary N) is 1. The third-order valence-corrected chi connectivity index (χ3v) is 5.10. The Bertz CT molecular complexity index is 743. The summed E-state index contributed by atoms with van der Waals surface area (Å²) in [6, 6.07) is 4.05. The van der Waals surface area contributed by atoms with Crippen LogP contribution in [0.15, 0.2) is 29.0 Å². The first kappa shape index (κ1) is 18.2. The summed E-state index contributed by atoms with van der Waals surface area (Å²) < 4.78 is 8.43. The summed E-state index contributed by atoms with van der Waals surface area (Å²) in [4.78, 5) is 16.5. The minimum absolute atomic E-state index is 0.319. The number of aromatic nitrogens is 2. The molecule has 0 bridgehead atoms. The van der Waals surface area contributed by atoms with Gasteiger partial charge in [-0.25, -0.2) is 9.78 Å². The van der Waals surface area contributed by atoms with E-state index in [4.69, 9.17) is 9.72 Å². The fourth-order valence-corrected chi connectivity index (χ4v) is 3.74. The van der Waals surface area contributed by atoms with E-state index in [0.717, 1.165) is 35.8 Å². The Morgan fingerprint density at radius 2 is 2.00 bits per heavy atom. The molecule has 1 N–H and O–H groups in total. The van der Waals surface area contributed by atoms with Gasteiger partial charge in [-0.2, -0.15) is 0 Å². The van der Waals surface area contributed by atoms with Gasteiger partial charge in [0.15, 0.2) is 0 Å². The van der Waals surface area contributed by atoms with Gasteiger partial charge in [-0.15, -0.1) is 0 Å². The Kier molecular flexibility index (Phi) is 5.37. The molecular formula is C19H26BrN3O2. The van der Waals surface area contributed by atoms with E-state index < -0.39 is 5.60 Å². The highest BCUT2D eigenvalue weighted by Gasteiger charge is 2.25. The molecule has 0 aromatic carbocycles. The van der Waals surface area contributed by atoms with E-state index in [1.165, 1.54) is 5.69 Å². The summed E-state index contributed by atoms with van der Waals surface area (Å²) in [7, 11) is 0. The number of halogens is 1. The van der Waals surface area contributed by atoms with E-state index in [2.05, 4.69) is 31.8 Å². The number of alkyl carbamates (subject to hydrolysis) is 1. The summed E-state index contributed by atoms with van der Waals surface area (Å²) in [6.45, 7) is 6.33. The molecule has 3 rings (SSSR count). The van der Waals surface area contributed by atoms with Crippen molar-refractivity contribution < 1.29 is 9.53 Å². The van der Waals surface area contributed by atoms with Crippen LogP contribution in [0, 0.1) is 5.92 Å². The molecule has 2 aromatic heterocycles. The van der Waals surface area contributed by atoms with Crippen molar-refractivity contribution in [1.29, 1.82) is 0 Å². The SMILES string of the molecule is CC(C)(C)OC(=O)NCC1CCC(c2cn3cc(Br)ccc3n2)CC1. The number of pyridine rings is 1. The van der Waals surface area contributed by atoms with Crippen LogP contribution in [0.2, 0.25) is 0 Å². The van der Waals surface area contributed by atoms with Crippen molar-refractivity contribution in [2.24, 2.45) is 5.92 Å². The van der Waals surface area contributed by atoms with Gasteiger partial charge in [0.25, 0.3) is 0 Å². The summed E-state index contributed by atoms with van der Waals surface area (Å²) >= 11 is 3.50. The molecule has 0 spiro atoms. The van der Waals surface area contributed by atoms with Gasteiger partial charge < -0.3 is 14.5 Å². The quantitative estimate of drug-likeness (QED) is 0.787. The first-order chi connectivity index (χ1) is 11.8. The molecule has 2 heterocycles. The van der Waals surface area contributed by atoms with Crippen LogP contribution in [0.1, 0.15) is 58.1 Å². The van der Waals surface area contributed by atoms with Gasteiger partial charge in [-0.1, -0.05) is 0 Å². The van der Waals surface area contributed by atoms with Crippen LogP contribution in [0.25, 0.3) is 5.65 Å². The van der Waals surface area contributed by atoms with Crippen molar-refractivity contribution in [3.8, 4) is 0 Å². The molecule has 1 aliphatic carbocycles. The Hall–Kier alpha value is -1.56. The number of fused-ring (bicyclic) bond motifs is 1. The van der Waals surface area contributed by atoms with E-state index in [1.807, 2.05) is 39.1 Å². The first-order valence-electron chi connectivity index (χ1n) is 8.91. The standard InChI is InChI=1S/C19H26BrN3O2/c1-19(2,3)25-18(24)21-10-13-4-6-14(7-5-13)16-12-23-11-15(20)8-9-17(23)22-16/h8-9,11-14H,4-7,10H2,1-3H3,(H,21,24). The predicted octanol–water partition coefficient (Wildman–Crippen LogP) is 4.90. The molecule has 25 heavy (non-hydrogen) atoms. The number of carbonyl (C=O) groups excluding carboxylic acids is 1. The molecule has 0 aliphatic heterocycles. The summed E-state index contributed by atoms with van der Waals surface area (Å²) in [5, 5.41) is 2.91. The molecule has 1 fully saturated rings. The van der Waals surface area contributed by atoms with Gasteiger partial charge in [0.1, 0.15) is 11.2 Å². The molecular weight excluding hydrogens is 382 g/mol. The molecule has 6 heteroatoms. The number of amides is 1. The van der Waals surface area contributed by atoms with E-state index in [1.54, 1.807) is 0 Å². The summed E-state index contributed by atoms with van der Waals surface area (Å²) in [5.74, 6) is 1.03. The number of imidazole rings is 1. The number of hydrogen-bond donors (Lipinski definition) is 1. The van der Waals surface area contributed by atoms with Crippen LogP contribution in [0.3, 0.4) is 0 Å². The number of carbonyl (C=O) groups is 1.